The van der Waals surface area contributed by atoms with E-state index < -0.39 is 0 Å². The largest absolute Gasteiger partial charge is 0.397 e. The minimum absolute atomic E-state index is 0.566. The van der Waals surface area contributed by atoms with Crippen LogP contribution in [0.3, 0.4) is 0 Å². The van der Waals surface area contributed by atoms with Gasteiger partial charge in [0, 0.05) is 18.3 Å². The van der Waals surface area contributed by atoms with Gasteiger partial charge in [0.25, 0.3) is 0 Å². The lowest BCUT2D eigenvalue weighted by Crippen LogP contribution is -2.35. The molecule has 1 saturated heterocycles. The highest BCUT2D eigenvalue weighted by atomic mass is 15.2. The average molecular weight is 234 g/mol. The van der Waals surface area contributed by atoms with Crippen LogP contribution in [0.15, 0.2) is 18.2 Å². The molecule has 1 aliphatic heterocycles. The van der Waals surface area contributed by atoms with Crippen molar-refractivity contribution in [1.29, 1.82) is 0 Å². The SMILES string of the molecule is CC(CNc1ccc(N)c(N)c1)N1CCCC1. The predicted molar refractivity (Wildman–Crippen MR) is 74.0 cm³/mol. The second-order valence-corrected chi connectivity index (χ2v) is 4.82. The number of nitrogens with zero attached hydrogens (tertiary/aromatic N) is 1. The Morgan fingerprint density at radius 1 is 1.24 bits per heavy atom. The quantitative estimate of drug-likeness (QED) is 0.694. The molecule has 5 N–H and O–H groups in total. The van der Waals surface area contributed by atoms with Gasteiger partial charge in [-0.25, -0.2) is 0 Å². The van der Waals surface area contributed by atoms with Gasteiger partial charge in [-0.15, -0.1) is 0 Å². The van der Waals surface area contributed by atoms with Crippen molar-refractivity contribution in [2.75, 3.05) is 36.4 Å². The van der Waals surface area contributed by atoms with E-state index in [1.807, 2.05) is 18.2 Å². The zero-order chi connectivity index (χ0) is 12.3. The van der Waals surface area contributed by atoms with E-state index in [1.165, 1.54) is 25.9 Å². The molecule has 0 radical (unpaired) electrons. The molecule has 1 atom stereocenters. The monoisotopic (exact) mass is 234 g/mol. The van der Waals surface area contributed by atoms with Gasteiger partial charge in [0.2, 0.25) is 0 Å². The van der Waals surface area contributed by atoms with E-state index in [1.54, 1.807) is 0 Å². The first-order valence-corrected chi connectivity index (χ1v) is 6.30. The number of anilines is 3. The topological polar surface area (TPSA) is 67.3 Å². The van der Waals surface area contributed by atoms with Crippen LogP contribution in [0.5, 0.6) is 0 Å². The summed E-state index contributed by atoms with van der Waals surface area (Å²) in [4.78, 5) is 2.52. The van der Waals surface area contributed by atoms with Crippen molar-refractivity contribution in [3.05, 3.63) is 18.2 Å². The first-order valence-electron chi connectivity index (χ1n) is 6.30. The van der Waals surface area contributed by atoms with E-state index >= 15 is 0 Å². The summed E-state index contributed by atoms with van der Waals surface area (Å²) in [6.07, 6.45) is 2.66. The number of nitrogens with one attached hydrogen (secondary N) is 1. The summed E-state index contributed by atoms with van der Waals surface area (Å²) in [5, 5.41) is 3.41. The highest BCUT2D eigenvalue weighted by Crippen LogP contribution is 2.20. The van der Waals surface area contributed by atoms with Gasteiger partial charge in [-0.3, -0.25) is 4.90 Å². The van der Waals surface area contributed by atoms with Gasteiger partial charge in [-0.1, -0.05) is 0 Å². The normalized spacial score (nSPS) is 18.2. The van der Waals surface area contributed by atoms with Crippen LogP contribution in [0.25, 0.3) is 0 Å². The summed E-state index contributed by atoms with van der Waals surface area (Å²) in [6, 6.07) is 6.28. The summed E-state index contributed by atoms with van der Waals surface area (Å²) in [7, 11) is 0. The summed E-state index contributed by atoms with van der Waals surface area (Å²) < 4.78 is 0. The molecule has 0 bridgehead atoms. The van der Waals surface area contributed by atoms with Crippen LogP contribution in [0.4, 0.5) is 17.1 Å². The fourth-order valence-electron chi connectivity index (χ4n) is 2.26. The van der Waals surface area contributed by atoms with E-state index in [-0.39, 0.29) is 0 Å². The molecule has 4 nitrogen and oxygen atoms in total. The Morgan fingerprint density at radius 3 is 2.59 bits per heavy atom. The summed E-state index contributed by atoms with van der Waals surface area (Å²) >= 11 is 0. The summed E-state index contributed by atoms with van der Waals surface area (Å²) in [5.74, 6) is 0. The van der Waals surface area contributed by atoms with Gasteiger partial charge in [-0.2, -0.15) is 0 Å². The van der Waals surface area contributed by atoms with E-state index in [4.69, 9.17) is 11.5 Å². The fraction of sp³-hybridized carbons (Fsp3) is 0.538. The number of hydrogen-bond acceptors (Lipinski definition) is 4. The van der Waals surface area contributed by atoms with Gasteiger partial charge in [0.05, 0.1) is 11.4 Å². The first kappa shape index (κ1) is 12.0. The molecule has 0 saturated carbocycles. The smallest absolute Gasteiger partial charge is 0.0568 e. The highest BCUT2D eigenvalue weighted by Gasteiger charge is 2.17. The van der Waals surface area contributed by atoms with E-state index in [2.05, 4.69) is 17.1 Å². The third kappa shape index (κ3) is 3.03. The van der Waals surface area contributed by atoms with Crippen molar-refractivity contribution in [3.63, 3.8) is 0 Å². The minimum atomic E-state index is 0.566. The molecule has 4 heteroatoms. The van der Waals surface area contributed by atoms with Gasteiger partial charge in [0.15, 0.2) is 0 Å². The second kappa shape index (κ2) is 5.27. The van der Waals surface area contributed by atoms with Crippen LogP contribution in [0.2, 0.25) is 0 Å². The van der Waals surface area contributed by atoms with Crippen LogP contribution in [0.1, 0.15) is 19.8 Å². The number of benzene rings is 1. The molecule has 0 aliphatic carbocycles. The molecule has 0 aromatic heterocycles. The van der Waals surface area contributed by atoms with Crippen molar-refractivity contribution in [2.45, 2.75) is 25.8 Å². The molecule has 94 valence electrons. The Hall–Kier alpha value is -1.42. The third-order valence-electron chi connectivity index (χ3n) is 3.45. The lowest BCUT2D eigenvalue weighted by atomic mass is 10.2. The zero-order valence-electron chi connectivity index (χ0n) is 10.4. The lowest BCUT2D eigenvalue weighted by molar-refractivity contribution is 0.269. The van der Waals surface area contributed by atoms with Crippen LogP contribution in [-0.4, -0.2) is 30.6 Å². The second-order valence-electron chi connectivity index (χ2n) is 4.82. The maximum Gasteiger partial charge on any atom is 0.0568 e. The fourth-order valence-corrected chi connectivity index (χ4v) is 2.26. The number of likely N-dealkylation sites (tertiary alicyclic amines) is 1. The molecular weight excluding hydrogens is 212 g/mol. The van der Waals surface area contributed by atoms with Crippen molar-refractivity contribution in [2.24, 2.45) is 0 Å². The molecule has 1 heterocycles. The molecule has 1 aliphatic rings. The van der Waals surface area contributed by atoms with E-state index in [0.717, 1.165) is 12.2 Å². The Morgan fingerprint density at radius 2 is 1.94 bits per heavy atom. The maximum absolute atomic E-state index is 5.77. The molecule has 1 fully saturated rings. The molecular formula is C13H22N4. The van der Waals surface area contributed by atoms with Gasteiger partial charge in [-0.05, 0) is 51.1 Å². The Balaban J connectivity index is 1.86. The maximum atomic E-state index is 5.77. The van der Waals surface area contributed by atoms with Crippen LogP contribution < -0.4 is 16.8 Å². The van der Waals surface area contributed by atoms with Crippen molar-refractivity contribution >= 4 is 17.1 Å². The van der Waals surface area contributed by atoms with Gasteiger partial charge in [0.1, 0.15) is 0 Å². The predicted octanol–water partition coefficient (Wildman–Crippen LogP) is 1.75. The number of nitrogen functional groups attached to an aromatic ring is 2. The summed E-state index contributed by atoms with van der Waals surface area (Å²) in [5.41, 5.74) is 13.8. The molecule has 0 amide bonds. The lowest BCUT2D eigenvalue weighted by Gasteiger charge is -2.24. The Bertz CT molecular complexity index is 372. The van der Waals surface area contributed by atoms with Crippen LogP contribution >= 0.6 is 0 Å². The molecule has 1 unspecified atom stereocenters. The van der Waals surface area contributed by atoms with Crippen molar-refractivity contribution in [1.82, 2.24) is 4.90 Å². The molecule has 17 heavy (non-hydrogen) atoms. The average Bonchev–Trinajstić information content (AvgIpc) is 2.84. The zero-order valence-corrected chi connectivity index (χ0v) is 10.4. The minimum Gasteiger partial charge on any atom is -0.397 e. The Labute approximate surface area is 103 Å². The third-order valence-corrected chi connectivity index (χ3v) is 3.45. The number of rotatable bonds is 4. The van der Waals surface area contributed by atoms with Crippen molar-refractivity contribution < 1.29 is 0 Å². The van der Waals surface area contributed by atoms with Gasteiger partial charge < -0.3 is 16.8 Å². The van der Waals surface area contributed by atoms with Crippen LogP contribution in [0, 0.1) is 0 Å². The van der Waals surface area contributed by atoms with Gasteiger partial charge >= 0.3 is 0 Å². The molecule has 0 spiro atoms. The van der Waals surface area contributed by atoms with E-state index in [9.17, 15) is 0 Å². The number of hydrogen-bond donors (Lipinski definition) is 3. The van der Waals surface area contributed by atoms with Crippen molar-refractivity contribution in [3.8, 4) is 0 Å². The standard InChI is InChI=1S/C13H22N4/c1-10(17-6-2-3-7-17)9-16-11-4-5-12(14)13(15)8-11/h4-5,8,10,16H,2-3,6-7,9,14-15H2,1H3. The molecule has 1 aromatic carbocycles. The highest BCUT2D eigenvalue weighted by molar-refractivity contribution is 5.69. The molecule has 2 rings (SSSR count). The van der Waals surface area contributed by atoms with E-state index in [0.29, 0.717) is 17.4 Å². The van der Waals surface area contributed by atoms with Crippen LogP contribution in [-0.2, 0) is 0 Å². The number of nitrogens with two attached hydrogens (primary N) is 2. The molecule has 1 aromatic rings. The summed E-state index contributed by atoms with van der Waals surface area (Å²) in [6.45, 7) is 5.67. The Kier molecular flexibility index (Phi) is 3.74. The first-order chi connectivity index (χ1) is 8.16.